The number of rotatable bonds is 4. The zero-order valence-electron chi connectivity index (χ0n) is 14.7. The van der Waals surface area contributed by atoms with Gasteiger partial charge in [0.25, 0.3) is 5.69 Å². The topological polar surface area (TPSA) is 149 Å². The summed E-state index contributed by atoms with van der Waals surface area (Å²) in [6.07, 6.45) is 1.49. The molecule has 0 amide bonds. The minimum absolute atomic E-state index is 0.0190. The maximum absolute atomic E-state index is 14.3. The number of nitro benzene ring substituents is 1. The van der Waals surface area contributed by atoms with Gasteiger partial charge in [-0.25, -0.2) is 19.0 Å². The monoisotopic (exact) mass is 390 g/mol. The average Bonchev–Trinajstić information content (AvgIpc) is 3.11. The van der Waals surface area contributed by atoms with Gasteiger partial charge < -0.3 is 5.73 Å². The van der Waals surface area contributed by atoms with Gasteiger partial charge in [-0.05, 0) is 18.2 Å². The van der Waals surface area contributed by atoms with Crippen LogP contribution in [0.3, 0.4) is 0 Å². The second kappa shape index (κ2) is 6.93. The second-order valence-electron chi connectivity index (χ2n) is 6.02. The first-order valence-corrected chi connectivity index (χ1v) is 8.25. The summed E-state index contributed by atoms with van der Waals surface area (Å²) in [4.78, 5) is 22.7. The summed E-state index contributed by atoms with van der Waals surface area (Å²) >= 11 is 0. The Morgan fingerprint density at radius 1 is 1.24 bits per heavy atom. The molecule has 0 unspecified atom stereocenters. The fourth-order valence-corrected chi connectivity index (χ4v) is 2.85. The van der Waals surface area contributed by atoms with Crippen molar-refractivity contribution in [2.24, 2.45) is 0 Å². The zero-order valence-corrected chi connectivity index (χ0v) is 14.7. The van der Waals surface area contributed by atoms with Crippen LogP contribution in [0.15, 0.2) is 42.6 Å². The molecule has 3 heterocycles. The second-order valence-corrected chi connectivity index (χ2v) is 6.02. The average molecular weight is 390 g/mol. The van der Waals surface area contributed by atoms with Gasteiger partial charge in [0.15, 0.2) is 5.65 Å². The third-order valence-electron chi connectivity index (χ3n) is 4.19. The van der Waals surface area contributed by atoms with Crippen LogP contribution in [0, 0.1) is 27.3 Å². The number of anilines is 1. The Bertz CT molecular complexity index is 1310. The van der Waals surface area contributed by atoms with Crippen LogP contribution < -0.4 is 5.73 Å². The van der Waals surface area contributed by atoms with Gasteiger partial charge in [-0.1, -0.05) is 6.07 Å². The number of nitro groups is 1. The Kier molecular flexibility index (Phi) is 4.28. The summed E-state index contributed by atoms with van der Waals surface area (Å²) in [5.41, 5.74) is 7.06. The van der Waals surface area contributed by atoms with Crippen LogP contribution in [0.5, 0.6) is 0 Å². The molecule has 4 aromatic rings. The minimum Gasteiger partial charge on any atom is -0.368 e. The largest absolute Gasteiger partial charge is 0.368 e. The highest BCUT2D eigenvalue weighted by molar-refractivity contribution is 5.90. The number of nitriles is 1. The molecular formula is C18H11FN8O2. The summed E-state index contributed by atoms with van der Waals surface area (Å²) in [6, 6.07) is 10.3. The fraction of sp³-hybridized carbons (Fsp3) is 0.0556. The van der Waals surface area contributed by atoms with E-state index < -0.39 is 10.7 Å². The molecule has 3 aromatic heterocycles. The van der Waals surface area contributed by atoms with Gasteiger partial charge >= 0.3 is 0 Å². The Labute approximate surface area is 162 Å². The number of halogens is 1. The first kappa shape index (κ1) is 17.9. The van der Waals surface area contributed by atoms with Crippen LogP contribution in [-0.4, -0.2) is 29.7 Å². The van der Waals surface area contributed by atoms with E-state index in [1.807, 2.05) is 6.07 Å². The van der Waals surface area contributed by atoms with Crippen molar-refractivity contribution >= 4 is 22.7 Å². The van der Waals surface area contributed by atoms with E-state index in [0.717, 1.165) is 6.07 Å². The number of aromatic nitrogens is 5. The molecule has 0 spiro atoms. The molecule has 2 N–H and O–H groups in total. The number of hydrogen-bond acceptors (Lipinski definition) is 8. The molecule has 0 atom stereocenters. The summed E-state index contributed by atoms with van der Waals surface area (Å²) in [6.45, 7) is -0.0190. The minimum atomic E-state index is -0.728. The van der Waals surface area contributed by atoms with Crippen LogP contribution >= 0.6 is 0 Å². The van der Waals surface area contributed by atoms with Crippen molar-refractivity contribution in [1.29, 1.82) is 5.26 Å². The highest BCUT2D eigenvalue weighted by Crippen LogP contribution is 2.26. The molecule has 0 aliphatic carbocycles. The van der Waals surface area contributed by atoms with Crippen LogP contribution in [0.4, 0.5) is 16.0 Å². The third-order valence-corrected chi connectivity index (χ3v) is 4.19. The van der Waals surface area contributed by atoms with Gasteiger partial charge in [0.1, 0.15) is 23.3 Å². The first-order valence-electron chi connectivity index (χ1n) is 8.25. The number of fused-ring (bicyclic) bond motifs is 1. The Balaban J connectivity index is 1.79. The van der Waals surface area contributed by atoms with Gasteiger partial charge in [0.05, 0.1) is 34.8 Å². The molecule has 11 heteroatoms. The SMILES string of the molecule is N#Cc1cccc(-c2nc(N)nc3c2cnn3Cc2ccc([N+](=O)[O-])cc2F)n1. The third kappa shape index (κ3) is 3.30. The first-order chi connectivity index (χ1) is 14.0. The molecule has 29 heavy (non-hydrogen) atoms. The van der Waals surface area contributed by atoms with E-state index in [0.29, 0.717) is 22.4 Å². The highest BCUT2D eigenvalue weighted by Gasteiger charge is 2.17. The van der Waals surface area contributed by atoms with Crippen molar-refractivity contribution in [3.05, 3.63) is 69.8 Å². The van der Waals surface area contributed by atoms with Crippen molar-refractivity contribution in [2.75, 3.05) is 5.73 Å². The van der Waals surface area contributed by atoms with Crippen LogP contribution in [0.2, 0.25) is 0 Å². The zero-order chi connectivity index (χ0) is 20.5. The molecule has 0 fully saturated rings. The lowest BCUT2D eigenvalue weighted by atomic mass is 10.2. The van der Waals surface area contributed by atoms with E-state index in [4.69, 9.17) is 11.0 Å². The Morgan fingerprint density at radius 3 is 2.79 bits per heavy atom. The molecule has 0 saturated heterocycles. The molecule has 0 radical (unpaired) electrons. The van der Waals surface area contributed by atoms with E-state index >= 15 is 0 Å². The van der Waals surface area contributed by atoms with E-state index in [1.165, 1.54) is 23.0 Å². The van der Waals surface area contributed by atoms with Gasteiger partial charge in [-0.2, -0.15) is 15.3 Å². The predicted molar refractivity (Wildman–Crippen MR) is 99.8 cm³/mol. The fourth-order valence-electron chi connectivity index (χ4n) is 2.85. The summed E-state index contributed by atoms with van der Waals surface area (Å²) < 4.78 is 15.7. The van der Waals surface area contributed by atoms with E-state index in [9.17, 15) is 14.5 Å². The van der Waals surface area contributed by atoms with Crippen LogP contribution in [0.25, 0.3) is 22.4 Å². The lowest BCUT2D eigenvalue weighted by Gasteiger charge is -2.07. The molecule has 0 saturated carbocycles. The molecule has 0 aliphatic rings. The predicted octanol–water partition coefficient (Wildman–Crippen LogP) is 2.44. The number of nitrogens with two attached hydrogens (primary N) is 1. The highest BCUT2D eigenvalue weighted by atomic mass is 19.1. The van der Waals surface area contributed by atoms with Crippen molar-refractivity contribution in [3.63, 3.8) is 0 Å². The normalized spacial score (nSPS) is 10.8. The lowest BCUT2D eigenvalue weighted by molar-refractivity contribution is -0.385. The molecule has 1 aromatic carbocycles. The van der Waals surface area contributed by atoms with Crippen LogP contribution in [-0.2, 0) is 6.54 Å². The summed E-state index contributed by atoms with van der Waals surface area (Å²) in [5.74, 6) is -0.768. The van der Waals surface area contributed by atoms with Crippen molar-refractivity contribution < 1.29 is 9.31 Å². The summed E-state index contributed by atoms with van der Waals surface area (Å²) in [5, 5.41) is 24.6. The van der Waals surface area contributed by atoms with Gasteiger partial charge in [-0.3, -0.25) is 10.1 Å². The quantitative estimate of drug-likeness (QED) is 0.412. The van der Waals surface area contributed by atoms with Crippen molar-refractivity contribution in [1.82, 2.24) is 24.7 Å². The number of nitrogen functional groups attached to an aromatic ring is 1. The maximum atomic E-state index is 14.3. The van der Waals surface area contributed by atoms with E-state index in [2.05, 4.69) is 20.1 Å². The Morgan fingerprint density at radius 2 is 2.07 bits per heavy atom. The van der Waals surface area contributed by atoms with Gasteiger partial charge in [0, 0.05) is 11.6 Å². The Hall–Kier alpha value is -4.46. The smallest absolute Gasteiger partial charge is 0.272 e. The van der Waals surface area contributed by atoms with E-state index in [-0.39, 0.29) is 29.4 Å². The number of non-ortho nitro benzene ring substituents is 1. The van der Waals surface area contributed by atoms with Crippen LogP contribution in [0.1, 0.15) is 11.3 Å². The lowest BCUT2D eigenvalue weighted by Crippen LogP contribution is -2.07. The molecular weight excluding hydrogens is 379 g/mol. The maximum Gasteiger partial charge on any atom is 0.272 e. The van der Waals surface area contributed by atoms with E-state index in [1.54, 1.807) is 18.2 Å². The molecule has 10 nitrogen and oxygen atoms in total. The van der Waals surface area contributed by atoms with Gasteiger partial charge in [0.2, 0.25) is 5.95 Å². The molecule has 0 aliphatic heterocycles. The molecule has 4 rings (SSSR count). The molecule has 142 valence electrons. The summed E-state index contributed by atoms with van der Waals surface area (Å²) in [7, 11) is 0. The van der Waals surface area contributed by atoms with Gasteiger partial charge in [-0.15, -0.1) is 0 Å². The number of nitrogens with zero attached hydrogens (tertiary/aromatic N) is 7. The number of benzene rings is 1. The number of hydrogen-bond donors (Lipinski definition) is 1. The number of pyridine rings is 1. The standard InChI is InChI=1S/C18H11FN8O2/c19-14-6-12(27(28)29)5-4-10(14)9-26-17-13(8-22-26)16(24-18(21)25-17)15-3-1-2-11(7-20)23-15/h1-6,8H,9H2,(H2,21,24,25). The molecule has 0 bridgehead atoms. The van der Waals surface area contributed by atoms with Crippen molar-refractivity contribution in [3.8, 4) is 17.5 Å². The van der Waals surface area contributed by atoms with Crippen molar-refractivity contribution in [2.45, 2.75) is 6.54 Å².